The van der Waals surface area contributed by atoms with E-state index in [0.717, 1.165) is 0 Å². The minimum Gasteiger partial charge on any atom is -0.500 e. The second kappa shape index (κ2) is 4.18. The number of hydrogen-bond donors (Lipinski definition) is 0. The molecule has 0 saturated heterocycles. The lowest BCUT2D eigenvalue weighted by molar-refractivity contribution is 0.0618. The maximum atomic E-state index is 11.8. The van der Waals surface area contributed by atoms with Crippen LogP contribution in [0.15, 0.2) is 37.1 Å². The summed E-state index contributed by atoms with van der Waals surface area (Å²) in [6.45, 7) is 3.91. The van der Waals surface area contributed by atoms with E-state index in [4.69, 9.17) is 4.74 Å². The third kappa shape index (κ3) is 1.58. The Balaban J connectivity index is 2.18. The summed E-state index contributed by atoms with van der Waals surface area (Å²) in [7, 11) is 0. The van der Waals surface area contributed by atoms with Crippen LogP contribution in [-0.4, -0.2) is 29.9 Å². The van der Waals surface area contributed by atoms with Gasteiger partial charge in [-0.05, 0) is 12.1 Å². The van der Waals surface area contributed by atoms with Gasteiger partial charge in [-0.1, -0.05) is 18.7 Å². The standard InChI is InChI=1S/C12H11NO3/c1-2-16-8-7-13-11(14)9-5-3-4-6-10(9)12(13)15/h2-6H,1,7-8H2. The highest BCUT2D eigenvalue weighted by atomic mass is 16.5. The summed E-state index contributed by atoms with van der Waals surface area (Å²) in [4.78, 5) is 24.8. The molecule has 0 unspecified atom stereocenters. The van der Waals surface area contributed by atoms with Gasteiger partial charge in [0.15, 0.2) is 0 Å². The van der Waals surface area contributed by atoms with Crippen LogP contribution in [0.5, 0.6) is 0 Å². The molecule has 4 nitrogen and oxygen atoms in total. The van der Waals surface area contributed by atoms with E-state index in [1.54, 1.807) is 24.3 Å². The predicted molar refractivity (Wildman–Crippen MR) is 58.0 cm³/mol. The van der Waals surface area contributed by atoms with Crippen LogP contribution in [0.3, 0.4) is 0 Å². The molecule has 16 heavy (non-hydrogen) atoms. The number of benzene rings is 1. The average Bonchev–Trinajstić information content (AvgIpc) is 2.55. The SMILES string of the molecule is C=COCCN1C(=O)c2ccccc2C1=O. The molecule has 1 aromatic carbocycles. The predicted octanol–water partition coefficient (Wildman–Crippen LogP) is 1.44. The van der Waals surface area contributed by atoms with Gasteiger partial charge < -0.3 is 4.74 Å². The second-order valence-electron chi connectivity index (χ2n) is 3.34. The van der Waals surface area contributed by atoms with Gasteiger partial charge in [0.1, 0.15) is 6.61 Å². The van der Waals surface area contributed by atoms with E-state index >= 15 is 0 Å². The number of hydrogen-bond acceptors (Lipinski definition) is 3. The molecular formula is C12H11NO3. The Morgan fingerprint density at radius 3 is 2.25 bits per heavy atom. The first kappa shape index (κ1) is 10.4. The lowest BCUT2D eigenvalue weighted by Gasteiger charge is -2.12. The molecule has 82 valence electrons. The second-order valence-corrected chi connectivity index (χ2v) is 3.34. The van der Waals surface area contributed by atoms with Gasteiger partial charge in [-0.3, -0.25) is 14.5 Å². The van der Waals surface area contributed by atoms with Crippen LogP contribution in [0, 0.1) is 0 Å². The Morgan fingerprint density at radius 2 is 1.75 bits per heavy atom. The Morgan fingerprint density at radius 1 is 1.19 bits per heavy atom. The zero-order valence-electron chi connectivity index (χ0n) is 8.68. The van der Waals surface area contributed by atoms with Crippen molar-refractivity contribution >= 4 is 11.8 Å². The number of nitrogens with zero attached hydrogens (tertiary/aromatic N) is 1. The molecule has 4 heteroatoms. The van der Waals surface area contributed by atoms with Crippen LogP contribution in [0.2, 0.25) is 0 Å². The lowest BCUT2D eigenvalue weighted by atomic mass is 10.1. The Labute approximate surface area is 93.1 Å². The zero-order chi connectivity index (χ0) is 11.5. The molecule has 1 aliphatic heterocycles. The Hall–Kier alpha value is -2.10. The fourth-order valence-corrected chi connectivity index (χ4v) is 1.67. The number of carbonyl (C=O) groups is 2. The maximum absolute atomic E-state index is 11.8. The minimum atomic E-state index is -0.256. The molecule has 0 atom stereocenters. The first-order valence-electron chi connectivity index (χ1n) is 4.93. The highest BCUT2D eigenvalue weighted by Crippen LogP contribution is 2.21. The minimum absolute atomic E-state index is 0.248. The third-order valence-electron chi connectivity index (χ3n) is 2.43. The number of rotatable bonds is 4. The van der Waals surface area contributed by atoms with Gasteiger partial charge in [0, 0.05) is 0 Å². The smallest absolute Gasteiger partial charge is 0.261 e. The van der Waals surface area contributed by atoms with E-state index in [0.29, 0.717) is 11.1 Å². The van der Waals surface area contributed by atoms with Crippen molar-refractivity contribution in [3.8, 4) is 0 Å². The summed E-state index contributed by atoms with van der Waals surface area (Å²) in [5.74, 6) is -0.512. The summed E-state index contributed by atoms with van der Waals surface area (Å²) < 4.78 is 4.91. The van der Waals surface area contributed by atoms with E-state index in [1.165, 1.54) is 11.2 Å². The van der Waals surface area contributed by atoms with E-state index in [9.17, 15) is 9.59 Å². The van der Waals surface area contributed by atoms with E-state index < -0.39 is 0 Å². The summed E-state index contributed by atoms with van der Waals surface area (Å²) >= 11 is 0. The Bertz CT molecular complexity index is 418. The number of amides is 2. The fraction of sp³-hybridized carbons (Fsp3) is 0.167. The van der Waals surface area contributed by atoms with Gasteiger partial charge >= 0.3 is 0 Å². The molecule has 1 aliphatic rings. The molecule has 0 saturated carbocycles. The van der Waals surface area contributed by atoms with E-state index in [2.05, 4.69) is 6.58 Å². The molecule has 2 amide bonds. The molecule has 0 aliphatic carbocycles. The van der Waals surface area contributed by atoms with Crippen molar-refractivity contribution in [1.82, 2.24) is 4.90 Å². The van der Waals surface area contributed by atoms with Crippen LogP contribution in [-0.2, 0) is 4.74 Å². The average molecular weight is 217 g/mol. The summed E-state index contributed by atoms with van der Waals surface area (Å²) in [6, 6.07) is 6.80. The monoisotopic (exact) mass is 217 g/mol. The largest absolute Gasteiger partial charge is 0.500 e. The van der Waals surface area contributed by atoms with Crippen LogP contribution in [0.1, 0.15) is 20.7 Å². The van der Waals surface area contributed by atoms with Crippen molar-refractivity contribution in [3.63, 3.8) is 0 Å². The molecule has 0 aromatic heterocycles. The van der Waals surface area contributed by atoms with Crippen LogP contribution in [0.4, 0.5) is 0 Å². The Kier molecular flexibility index (Phi) is 2.72. The summed E-state index contributed by atoms with van der Waals surface area (Å²) in [5.41, 5.74) is 0.928. The molecule has 0 N–H and O–H groups in total. The van der Waals surface area contributed by atoms with E-state index in [-0.39, 0.29) is 25.0 Å². The van der Waals surface area contributed by atoms with Crippen molar-refractivity contribution in [1.29, 1.82) is 0 Å². The van der Waals surface area contributed by atoms with Crippen molar-refractivity contribution in [3.05, 3.63) is 48.2 Å². The topological polar surface area (TPSA) is 46.6 Å². The van der Waals surface area contributed by atoms with Crippen molar-refractivity contribution in [2.45, 2.75) is 0 Å². The number of carbonyl (C=O) groups excluding carboxylic acids is 2. The summed E-state index contributed by atoms with van der Waals surface area (Å²) in [5, 5.41) is 0. The quantitative estimate of drug-likeness (QED) is 0.435. The van der Waals surface area contributed by atoms with Crippen molar-refractivity contribution < 1.29 is 14.3 Å². The van der Waals surface area contributed by atoms with Crippen LogP contribution < -0.4 is 0 Å². The summed E-state index contributed by atoms with van der Waals surface area (Å²) in [6.07, 6.45) is 1.29. The molecule has 0 spiro atoms. The van der Waals surface area contributed by atoms with Gasteiger partial charge in [0.25, 0.3) is 11.8 Å². The van der Waals surface area contributed by atoms with Gasteiger partial charge in [-0.25, -0.2) is 0 Å². The van der Waals surface area contributed by atoms with Gasteiger partial charge in [-0.2, -0.15) is 0 Å². The molecular weight excluding hydrogens is 206 g/mol. The van der Waals surface area contributed by atoms with Gasteiger partial charge in [0.2, 0.25) is 0 Å². The molecule has 0 radical (unpaired) electrons. The molecule has 0 bridgehead atoms. The first-order valence-corrected chi connectivity index (χ1v) is 4.93. The first-order chi connectivity index (χ1) is 7.75. The van der Waals surface area contributed by atoms with Crippen molar-refractivity contribution in [2.24, 2.45) is 0 Å². The normalized spacial score (nSPS) is 13.9. The maximum Gasteiger partial charge on any atom is 0.261 e. The highest BCUT2D eigenvalue weighted by molar-refractivity contribution is 6.21. The molecule has 1 aromatic rings. The highest BCUT2D eigenvalue weighted by Gasteiger charge is 2.34. The fourth-order valence-electron chi connectivity index (χ4n) is 1.67. The number of fused-ring (bicyclic) bond motifs is 1. The zero-order valence-corrected chi connectivity index (χ0v) is 8.68. The van der Waals surface area contributed by atoms with Crippen LogP contribution in [0.25, 0.3) is 0 Å². The molecule has 1 heterocycles. The third-order valence-corrected chi connectivity index (χ3v) is 2.43. The number of imide groups is 1. The molecule has 0 fully saturated rings. The van der Waals surface area contributed by atoms with Gasteiger partial charge in [-0.15, -0.1) is 0 Å². The van der Waals surface area contributed by atoms with Crippen LogP contribution >= 0.6 is 0 Å². The van der Waals surface area contributed by atoms with Crippen molar-refractivity contribution in [2.75, 3.05) is 13.2 Å². The van der Waals surface area contributed by atoms with E-state index in [1.807, 2.05) is 0 Å². The van der Waals surface area contributed by atoms with Gasteiger partial charge in [0.05, 0.1) is 23.9 Å². The molecule has 2 rings (SSSR count). The number of ether oxygens (including phenoxy) is 1. The lowest BCUT2D eigenvalue weighted by Crippen LogP contribution is -2.32.